The van der Waals surface area contributed by atoms with Gasteiger partial charge in [-0.05, 0) is 36.4 Å². The van der Waals surface area contributed by atoms with E-state index in [1.807, 2.05) is 13.0 Å². The summed E-state index contributed by atoms with van der Waals surface area (Å²) in [6.45, 7) is 3.47. The monoisotopic (exact) mass is 488 g/mol. The Hall–Kier alpha value is -4.09. The molecule has 0 bridgehead atoms. The van der Waals surface area contributed by atoms with Crippen LogP contribution in [-0.4, -0.2) is 41.7 Å². The van der Waals surface area contributed by atoms with Gasteiger partial charge in [-0.25, -0.2) is 14.4 Å². The Morgan fingerprint density at radius 3 is 2.80 bits per heavy atom. The summed E-state index contributed by atoms with van der Waals surface area (Å²) >= 11 is 0.988. The number of aromatic amines is 2. The Labute approximate surface area is 201 Å². The second kappa shape index (κ2) is 8.60. The van der Waals surface area contributed by atoms with Crippen molar-refractivity contribution >= 4 is 33.4 Å². The van der Waals surface area contributed by atoms with Crippen LogP contribution in [0.2, 0.25) is 0 Å². The summed E-state index contributed by atoms with van der Waals surface area (Å²) in [4.78, 5) is 21.5. The molecule has 174 valence electrons. The molecule has 35 heavy (non-hydrogen) atoms. The van der Waals surface area contributed by atoms with E-state index in [0.29, 0.717) is 56.4 Å². The maximum Gasteiger partial charge on any atom is 0.177 e. The number of hydrogen-bond acceptors (Lipinski definition) is 7. The molecule has 6 aromatic rings. The van der Waals surface area contributed by atoms with Crippen molar-refractivity contribution in [3.63, 3.8) is 0 Å². The van der Waals surface area contributed by atoms with Crippen LogP contribution in [0.5, 0.6) is 0 Å². The minimum Gasteiger partial charge on any atom is -0.336 e. The summed E-state index contributed by atoms with van der Waals surface area (Å²) in [6, 6.07) is 6.70. The molecule has 8 nitrogen and oxygen atoms in total. The van der Waals surface area contributed by atoms with E-state index in [1.54, 1.807) is 30.7 Å². The van der Waals surface area contributed by atoms with E-state index in [2.05, 4.69) is 40.4 Å². The van der Waals surface area contributed by atoms with E-state index in [1.165, 1.54) is 12.3 Å². The number of aromatic nitrogens is 7. The van der Waals surface area contributed by atoms with Gasteiger partial charge in [0.1, 0.15) is 22.7 Å². The molecule has 0 aliphatic heterocycles. The zero-order valence-corrected chi connectivity index (χ0v) is 19.2. The van der Waals surface area contributed by atoms with Gasteiger partial charge in [-0.15, -0.1) is 11.3 Å². The molecule has 3 N–H and O–H groups in total. The van der Waals surface area contributed by atoms with Gasteiger partial charge in [-0.2, -0.15) is 9.49 Å². The number of imidazole rings is 1. The molecule has 0 aromatic carbocycles. The third kappa shape index (κ3) is 3.74. The highest BCUT2D eigenvalue weighted by Crippen LogP contribution is 2.35. The van der Waals surface area contributed by atoms with Gasteiger partial charge >= 0.3 is 0 Å². The normalized spacial score (nSPS) is 11.6. The lowest BCUT2D eigenvalue weighted by molar-refractivity contribution is 0.642. The van der Waals surface area contributed by atoms with Crippen LogP contribution in [0.3, 0.4) is 0 Å². The molecule has 0 amide bonds. The number of hydrogen-bond donors (Lipinski definition) is 3. The standard InChI is InChI=1S/C24H18F2N8S/c1-2-27-8-12-7-13(10-28-9-12)14-11-30-23-18(19(14)26)22(33-34-23)24-31-15-5-6-29-21(20(15)32-24)16-3-4-17(25)35-16/h3-7,9-11,27H,2,8H2,1H3,(H,31,32)(H,30,33,34). The summed E-state index contributed by atoms with van der Waals surface area (Å²) in [7, 11) is 0. The van der Waals surface area contributed by atoms with Crippen molar-refractivity contribution in [2.45, 2.75) is 13.5 Å². The molecule has 0 fully saturated rings. The van der Waals surface area contributed by atoms with Crippen molar-refractivity contribution in [2.24, 2.45) is 0 Å². The Morgan fingerprint density at radius 2 is 1.97 bits per heavy atom. The van der Waals surface area contributed by atoms with E-state index < -0.39 is 5.82 Å². The highest BCUT2D eigenvalue weighted by Gasteiger charge is 2.22. The average molecular weight is 489 g/mol. The first-order valence-corrected chi connectivity index (χ1v) is 11.7. The van der Waals surface area contributed by atoms with Crippen LogP contribution in [0.25, 0.3) is 55.3 Å². The van der Waals surface area contributed by atoms with E-state index in [4.69, 9.17) is 0 Å². The molecule has 0 atom stereocenters. The van der Waals surface area contributed by atoms with Gasteiger partial charge in [-0.1, -0.05) is 6.92 Å². The van der Waals surface area contributed by atoms with Crippen molar-refractivity contribution < 1.29 is 8.78 Å². The number of halogens is 2. The number of fused-ring (bicyclic) bond motifs is 2. The van der Waals surface area contributed by atoms with E-state index in [9.17, 15) is 4.39 Å². The third-order valence-corrected chi connectivity index (χ3v) is 6.52. The zero-order valence-electron chi connectivity index (χ0n) is 18.4. The molecular weight excluding hydrogens is 470 g/mol. The second-order valence-corrected chi connectivity index (χ2v) is 8.92. The van der Waals surface area contributed by atoms with Crippen LogP contribution in [0.15, 0.2) is 49.1 Å². The SMILES string of the molecule is CCNCc1cncc(-c2cnc3[nH]nc(-c4nc5c(-c6ccc(F)s6)nccc5[nH]4)c3c2F)c1. The number of thiophene rings is 1. The minimum atomic E-state index is -0.472. The van der Waals surface area contributed by atoms with Crippen molar-refractivity contribution in [1.29, 1.82) is 0 Å². The van der Waals surface area contributed by atoms with Crippen LogP contribution in [0.4, 0.5) is 8.78 Å². The fourth-order valence-corrected chi connectivity index (χ4v) is 4.73. The first-order chi connectivity index (χ1) is 17.1. The number of rotatable bonds is 6. The van der Waals surface area contributed by atoms with Crippen LogP contribution in [0.1, 0.15) is 12.5 Å². The van der Waals surface area contributed by atoms with Crippen LogP contribution in [0, 0.1) is 10.9 Å². The summed E-state index contributed by atoms with van der Waals surface area (Å²) in [6.07, 6.45) is 6.45. The van der Waals surface area contributed by atoms with Gasteiger partial charge in [0, 0.05) is 42.5 Å². The molecule has 0 aliphatic rings. The van der Waals surface area contributed by atoms with Gasteiger partial charge in [-0.3, -0.25) is 15.1 Å². The lowest BCUT2D eigenvalue weighted by Gasteiger charge is -2.07. The van der Waals surface area contributed by atoms with Crippen LogP contribution >= 0.6 is 11.3 Å². The second-order valence-electron chi connectivity index (χ2n) is 7.89. The van der Waals surface area contributed by atoms with Crippen LogP contribution < -0.4 is 5.32 Å². The molecule has 0 aliphatic carbocycles. The van der Waals surface area contributed by atoms with E-state index >= 15 is 4.39 Å². The Balaban J connectivity index is 1.48. The summed E-state index contributed by atoms with van der Waals surface area (Å²) in [5.74, 6) is -0.116. The number of pyridine rings is 3. The Bertz CT molecular complexity index is 1690. The first kappa shape index (κ1) is 21.4. The molecular formula is C24H18F2N8S. The van der Waals surface area contributed by atoms with Gasteiger partial charge in [0.05, 0.1) is 15.8 Å². The highest BCUT2D eigenvalue weighted by atomic mass is 32.1. The fraction of sp³-hybridized carbons (Fsp3) is 0.125. The van der Waals surface area contributed by atoms with Gasteiger partial charge < -0.3 is 10.3 Å². The Kier molecular flexibility index (Phi) is 5.27. The van der Waals surface area contributed by atoms with Crippen molar-refractivity contribution in [1.82, 2.24) is 40.4 Å². The number of nitrogens with one attached hydrogen (secondary N) is 3. The molecule has 0 spiro atoms. The third-order valence-electron chi connectivity index (χ3n) is 5.64. The molecule has 6 heterocycles. The zero-order chi connectivity index (χ0) is 23.9. The van der Waals surface area contributed by atoms with Crippen molar-refractivity contribution in [3.05, 3.63) is 65.6 Å². The lowest BCUT2D eigenvalue weighted by atomic mass is 10.1. The predicted molar refractivity (Wildman–Crippen MR) is 131 cm³/mol. The maximum atomic E-state index is 15.9. The molecule has 0 saturated carbocycles. The Morgan fingerprint density at radius 1 is 1.06 bits per heavy atom. The fourth-order valence-electron chi connectivity index (χ4n) is 4.00. The quantitative estimate of drug-likeness (QED) is 0.302. The first-order valence-electron chi connectivity index (χ1n) is 10.9. The molecule has 0 saturated heterocycles. The van der Waals surface area contributed by atoms with Gasteiger partial charge in [0.15, 0.2) is 16.6 Å². The lowest BCUT2D eigenvalue weighted by Crippen LogP contribution is -2.11. The maximum absolute atomic E-state index is 15.9. The van der Waals surface area contributed by atoms with Crippen molar-refractivity contribution in [3.8, 4) is 33.2 Å². The molecule has 11 heteroatoms. The predicted octanol–water partition coefficient (Wildman–Crippen LogP) is 5.07. The van der Waals surface area contributed by atoms with Gasteiger partial charge in [0.2, 0.25) is 0 Å². The molecule has 6 rings (SSSR count). The summed E-state index contributed by atoms with van der Waals surface area (Å²) < 4.78 is 29.5. The van der Waals surface area contributed by atoms with E-state index in [0.717, 1.165) is 23.4 Å². The largest absolute Gasteiger partial charge is 0.336 e. The van der Waals surface area contributed by atoms with Crippen molar-refractivity contribution in [2.75, 3.05) is 6.54 Å². The number of nitrogens with zero attached hydrogens (tertiary/aromatic N) is 5. The highest BCUT2D eigenvalue weighted by molar-refractivity contribution is 7.13. The van der Waals surface area contributed by atoms with E-state index in [-0.39, 0.29) is 10.5 Å². The molecule has 0 unspecified atom stereocenters. The topological polar surface area (TPSA) is 108 Å². The number of H-pyrrole nitrogens is 2. The smallest absolute Gasteiger partial charge is 0.177 e. The summed E-state index contributed by atoms with van der Waals surface area (Å²) in [5.41, 5.74) is 4.25. The average Bonchev–Trinajstić information content (AvgIpc) is 3.60. The summed E-state index contributed by atoms with van der Waals surface area (Å²) in [5, 5.41) is 10.2. The molecule has 6 aromatic heterocycles. The van der Waals surface area contributed by atoms with Crippen LogP contribution in [-0.2, 0) is 6.54 Å². The van der Waals surface area contributed by atoms with Gasteiger partial charge in [0.25, 0.3) is 0 Å². The minimum absolute atomic E-state index is 0.218. The molecule has 0 radical (unpaired) electrons.